The number of thiocarbonyl (C=S) groups is 1. The molecule has 19 heavy (non-hydrogen) atoms. The molecule has 106 valence electrons. The van der Waals surface area contributed by atoms with Crippen LogP contribution in [0.2, 0.25) is 0 Å². The average Bonchev–Trinajstić information content (AvgIpc) is 2.36. The van der Waals surface area contributed by atoms with E-state index < -0.39 is 5.76 Å². The summed E-state index contributed by atoms with van der Waals surface area (Å²) in [7, 11) is 1.63. The van der Waals surface area contributed by atoms with Gasteiger partial charge in [0, 0.05) is 25.2 Å². The number of para-hydroxylation sites is 1. The van der Waals surface area contributed by atoms with Crippen molar-refractivity contribution in [2.75, 3.05) is 25.6 Å². The molecule has 0 spiro atoms. The van der Waals surface area contributed by atoms with E-state index in [4.69, 9.17) is 17.0 Å². The first kappa shape index (κ1) is 16.1. The van der Waals surface area contributed by atoms with Gasteiger partial charge in [0.1, 0.15) is 0 Å². The largest absolute Gasteiger partial charge is 0.385 e. The molecule has 0 heterocycles. The van der Waals surface area contributed by atoms with E-state index in [1.807, 2.05) is 0 Å². The molecule has 0 aromatic heterocycles. The molecule has 0 fully saturated rings. The Morgan fingerprint density at radius 3 is 2.84 bits per heavy atom. The van der Waals surface area contributed by atoms with Crippen LogP contribution in [0.5, 0.6) is 0 Å². The van der Waals surface area contributed by atoms with Crippen LogP contribution in [-0.4, -0.2) is 31.1 Å². The molecule has 0 radical (unpaired) electrons. The van der Waals surface area contributed by atoms with Gasteiger partial charge in [0.2, 0.25) is 0 Å². The van der Waals surface area contributed by atoms with Crippen LogP contribution in [0.3, 0.4) is 0 Å². The van der Waals surface area contributed by atoms with Crippen molar-refractivity contribution >= 4 is 34.8 Å². The number of benzene rings is 1. The van der Waals surface area contributed by atoms with E-state index in [0.29, 0.717) is 40.6 Å². The lowest BCUT2D eigenvalue weighted by molar-refractivity contribution is 0.196. The highest BCUT2D eigenvalue weighted by atomic mass is 32.2. The fraction of sp³-hybridized carbons (Fsp3) is 0.417. The Kier molecular flexibility index (Phi) is 7.69. The quantitative estimate of drug-likeness (QED) is 0.459. The third kappa shape index (κ3) is 6.70. The summed E-state index contributed by atoms with van der Waals surface area (Å²) in [4.78, 5) is 0.471. The summed E-state index contributed by atoms with van der Waals surface area (Å²) in [6.45, 7) is 1.32. The zero-order chi connectivity index (χ0) is 14.1. The first-order chi connectivity index (χ1) is 9.13. The first-order valence-electron chi connectivity index (χ1n) is 5.71. The molecule has 1 rings (SSSR count). The highest BCUT2D eigenvalue weighted by Gasteiger charge is 2.10. The lowest BCUT2D eigenvalue weighted by Gasteiger charge is -2.13. The van der Waals surface area contributed by atoms with Crippen LogP contribution in [0.15, 0.2) is 29.2 Å². The monoisotopic (exact) mass is 306 g/mol. The van der Waals surface area contributed by atoms with Crippen molar-refractivity contribution < 1.29 is 13.5 Å². The number of thioether (sulfide) groups is 1. The number of hydrogen-bond acceptors (Lipinski definition) is 3. The van der Waals surface area contributed by atoms with Gasteiger partial charge in [0.25, 0.3) is 5.76 Å². The second kappa shape index (κ2) is 9.06. The van der Waals surface area contributed by atoms with Gasteiger partial charge in [-0.15, -0.1) is 0 Å². The summed E-state index contributed by atoms with van der Waals surface area (Å²) in [5, 5.41) is 6.32. The van der Waals surface area contributed by atoms with Crippen molar-refractivity contribution in [2.45, 2.75) is 17.1 Å². The predicted octanol–water partition coefficient (Wildman–Crippen LogP) is 3.32. The minimum atomic E-state index is -2.45. The number of hydrogen-bond donors (Lipinski definition) is 2. The van der Waals surface area contributed by atoms with E-state index in [1.165, 1.54) is 0 Å². The maximum Gasteiger partial charge on any atom is 0.288 e. The maximum absolute atomic E-state index is 12.4. The molecule has 0 aliphatic carbocycles. The Morgan fingerprint density at radius 2 is 2.16 bits per heavy atom. The second-order valence-electron chi connectivity index (χ2n) is 3.60. The van der Waals surface area contributed by atoms with E-state index in [1.54, 1.807) is 31.4 Å². The zero-order valence-electron chi connectivity index (χ0n) is 10.5. The highest BCUT2D eigenvalue weighted by Crippen LogP contribution is 2.31. The maximum atomic E-state index is 12.4. The van der Waals surface area contributed by atoms with Crippen molar-refractivity contribution in [3.63, 3.8) is 0 Å². The van der Waals surface area contributed by atoms with Crippen molar-refractivity contribution in [1.29, 1.82) is 0 Å². The zero-order valence-corrected chi connectivity index (χ0v) is 12.1. The molecular formula is C12H16F2N2OS2. The van der Waals surface area contributed by atoms with E-state index in [9.17, 15) is 8.78 Å². The third-order valence-electron chi connectivity index (χ3n) is 2.16. The molecule has 0 saturated carbocycles. The minimum absolute atomic E-state index is 0.415. The highest BCUT2D eigenvalue weighted by molar-refractivity contribution is 7.99. The van der Waals surface area contributed by atoms with Gasteiger partial charge in [-0.3, -0.25) is 0 Å². The normalized spacial score (nSPS) is 10.5. The van der Waals surface area contributed by atoms with Crippen LogP contribution in [0.1, 0.15) is 6.42 Å². The summed E-state index contributed by atoms with van der Waals surface area (Å²) in [6, 6.07) is 6.83. The SMILES string of the molecule is COCCCNC(=S)Nc1ccccc1SC(F)F. The Labute approximate surface area is 121 Å². The Bertz CT molecular complexity index is 405. The standard InChI is InChI=1S/C12H16F2N2OS2/c1-17-8-4-7-15-12(18)16-9-5-2-3-6-10(9)19-11(13)14/h2-3,5-6,11H,4,7-8H2,1H3,(H2,15,16,18). The Hall–Kier alpha value is -0.920. The smallest absolute Gasteiger partial charge is 0.288 e. The molecule has 0 amide bonds. The molecule has 2 N–H and O–H groups in total. The van der Waals surface area contributed by atoms with Crippen LogP contribution in [0.25, 0.3) is 0 Å². The van der Waals surface area contributed by atoms with Crippen LogP contribution in [0, 0.1) is 0 Å². The molecule has 0 saturated heterocycles. The van der Waals surface area contributed by atoms with Crippen LogP contribution in [0.4, 0.5) is 14.5 Å². The van der Waals surface area contributed by atoms with Gasteiger partial charge in [-0.05, 0) is 30.8 Å². The van der Waals surface area contributed by atoms with E-state index in [0.717, 1.165) is 6.42 Å². The van der Waals surface area contributed by atoms with E-state index >= 15 is 0 Å². The van der Waals surface area contributed by atoms with Gasteiger partial charge in [0.05, 0.1) is 5.69 Å². The molecule has 0 atom stereocenters. The average molecular weight is 306 g/mol. The molecule has 7 heteroatoms. The minimum Gasteiger partial charge on any atom is -0.385 e. The molecule has 1 aromatic carbocycles. The topological polar surface area (TPSA) is 33.3 Å². The van der Waals surface area contributed by atoms with Crippen molar-refractivity contribution in [2.24, 2.45) is 0 Å². The predicted molar refractivity (Wildman–Crippen MR) is 79.0 cm³/mol. The van der Waals surface area contributed by atoms with Crippen molar-refractivity contribution in [3.05, 3.63) is 24.3 Å². The van der Waals surface area contributed by atoms with Crippen molar-refractivity contribution in [1.82, 2.24) is 5.32 Å². The molecule has 0 unspecified atom stereocenters. The van der Waals surface area contributed by atoms with Gasteiger partial charge in [-0.1, -0.05) is 23.9 Å². The number of ether oxygens (including phenoxy) is 1. The number of alkyl halides is 2. The summed E-state index contributed by atoms with van der Waals surface area (Å²) in [5.41, 5.74) is 0.581. The van der Waals surface area contributed by atoms with Gasteiger partial charge >= 0.3 is 0 Å². The van der Waals surface area contributed by atoms with Crippen LogP contribution < -0.4 is 10.6 Å². The summed E-state index contributed by atoms with van der Waals surface area (Å²) in [6.07, 6.45) is 0.825. The van der Waals surface area contributed by atoms with Crippen molar-refractivity contribution in [3.8, 4) is 0 Å². The van der Waals surface area contributed by atoms with Crippen LogP contribution >= 0.6 is 24.0 Å². The molecule has 1 aromatic rings. The summed E-state index contributed by atoms with van der Waals surface area (Å²) >= 11 is 5.59. The number of anilines is 1. The summed E-state index contributed by atoms with van der Waals surface area (Å²) < 4.78 is 29.7. The summed E-state index contributed by atoms with van der Waals surface area (Å²) in [5.74, 6) is -2.45. The molecule has 0 bridgehead atoms. The molecule has 3 nitrogen and oxygen atoms in total. The van der Waals surface area contributed by atoms with Crippen LogP contribution in [-0.2, 0) is 4.74 Å². The third-order valence-corrected chi connectivity index (χ3v) is 3.20. The Balaban J connectivity index is 2.49. The number of methoxy groups -OCH3 is 1. The molecule has 0 aliphatic rings. The van der Waals surface area contributed by atoms with Gasteiger partial charge < -0.3 is 15.4 Å². The molecule has 0 aliphatic heterocycles. The fourth-order valence-electron chi connectivity index (χ4n) is 1.35. The lowest BCUT2D eigenvalue weighted by atomic mass is 10.3. The number of halogens is 2. The van der Waals surface area contributed by atoms with E-state index in [-0.39, 0.29) is 0 Å². The first-order valence-corrected chi connectivity index (χ1v) is 7.00. The lowest BCUT2D eigenvalue weighted by Crippen LogP contribution is -2.29. The Morgan fingerprint density at radius 1 is 1.42 bits per heavy atom. The van der Waals surface area contributed by atoms with Gasteiger partial charge in [-0.2, -0.15) is 8.78 Å². The second-order valence-corrected chi connectivity index (χ2v) is 5.04. The van der Waals surface area contributed by atoms with Gasteiger partial charge in [-0.25, -0.2) is 0 Å². The fourth-order valence-corrected chi connectivity index (χ4v) is 2.16. The molecular weight excluding hydrogens is 290 g/mol. The van der Waals surface area contributed by atoms with E-state index in [2.05, 4.69) is 10.6 Å². The number of nitrogens with one attached hydrogen (secondary N) is 2. The van der Waals surface area contributed by atoms with Gasteiger partial charge in [0.15, 0.2) is 5.11 Å². The number of rotatable bonds is 7.